The molecule has 23 heavy (non-hydrogen) atoms. The molecule has 3 rings (SSSR count). The fraction of sp³-hybridized carbons (Fsp3) is 0.118. The highest BCUT2D eigenvalue weighted by Crippen LogP contribution is 2.23. The molecule has 6 heteroatoms. The zero-order valence-electron chi connectivity index (χ0n) is 12.4. The number of aromatic amines is 1. The van der Waals surface area contributed by atoms with Gasteiger partial charge in [-0.05, 0) is 42.8 Å². The van der Waals surface area contributed by atoms with Crippen molar-refractivity contribution in [1.82, 2.24) is 15.2 Å². The van der Waals surface area contributed by atoms with Crippen molar-refractivity contribution in [2.24, 2.45) is 0 Å². The van der Waals surface area contributed by atoms with Crippen LogP contribution in [0.5, 0.6) is 5.75 Å². The lowest BCUT2D eigenvalue weighted by Crippen LogP contribution is -2.04. The average molecular weight is 309 g/mol. The predicted molar refractivity (Wildman–Crippen MR) is 84.3 cm³/mol. The monoisotopic (exact) mass is 309 g/mol. The summed E-state index contributed by atoms with van der Waals surface area (Å²) in [6.45, 7) is 1.90. The molecule has 0 aliphatic carbocycles. The third-order valence-electron chi connectivity index (χ3n) is 3.45. The molecule has 0 aliphatic rings. The summed E-state index contributed by atoms with van der Waals surface area (Å²) < 4.78 is 5.84. The normalized spacial score (nSPS) is 11.9. The highest BCUT2D eigenvalue weighted by molar-refractivity contribution is 5.87. The fourth-order valence-electron chi connectivity index (χ4n) is 2.18. The molecule has 1 atom stereocenters. The van der Waals surface area contributed by atoms with E-state index in [-0.39, 0.29) is 11.7 Å². The molecule has 3 aromatic rings. The Morgan fingerprint density at radius 1 is 1.17 bits per heavy atom. The van der Waals surface area contributed by atoms with Crippen LogP contribution in [0.1, 0.15) is 28.9 Å². The van der Waals surface area contributed by atoms with Crippen molar-refractivity contribution < 1.29 is 14.6 Å². The van der Waals surface area contributed by atoms with E-state index in [1.807, 2.05) is 25.1 Å². The summed E-state index contributed by atoms with van der Waals surface area (Å²) in [5.74, 6) is -0.299. The molecule has 0 fully saturated rings. The quantitative estimate of drug-likeness (QED) is 0.755. The third-order valence-corrected chi connectivity index (χ3v) is 3.45. The van der Waals surface area contributed by atoms with Gasteiger partial charge in [-0.2, -0.15) is 5.10 Å². The molecule has 2 heterocycles. The number of ether oxygens (including phenoxy) is 1. The van der Waals surface area contributed by atoms with E-state index in [2.05, 4.69) is 15.2 Å². The Morgan fingerprint density at radius 3 is 2.52 bits per heavy atom. The Labute approximate surface area is 132 Å². The van der Waals surface area contributed by atoms with Crippen molar-refractivity contribution in [3.8, 4) is 17.1 Å². The number of nitrogens with one attached hydrogen (secondary N) is 1. The largest absolute Gasteiger partial charge is 0.484 e. The Balaban J connectivity index is 1.70. The van der Waals surface area contributed by atoms with Crippen LogP contribution in [0.4, 0.5) is 0 Å². The second kappa shape index (κ2) is 6.31. The van der Waals surface area contributed by atoms with Crippen LogP contribution in [-0.2, 0) is 0 Å². The van der Waals surface area contributed by atoms with Gasteiger partial charge in [0, 0.05) is 6.20 Å². The van der Waals surface area contributed by atoms with E-state index >= 15 is 0 Å². The second-order valence-corrected chi connectivity index (χ2v) is 5.04. The zero-order valence-corrected chi connectivity index (χ0v) is 12.4. The van der Waals surface area contributed by atoms with Crippen molar-refractivity contribution in [2.75, 3.05) is 0 Å². The van der Waals surface area contributed by atoms with Gasteiger partial charge in [0.25, 0.3) is 0 Å². The number of aromatic nitrogens is 3. The average Bonchev–Trinajstić information content (AvgIpc) is 3.10. The zero-order chi connectivity index (χ0) is 16.2. The summed E-state index contributed by atoms with van der Waals surface area (Å²) in [4.78, 5) is 15.2. The van der Waals surface area contributed by atoms with E-state index < -0.39 is 5.97 Å². The van der Waals surface area contributed by atoms with Crippen LogP contribution >= 0.6 is 0 Å². The SMILES string of the molecule is CC(Oc1ccc(-c2ccn[nH]2)nc1)c1ccc(C(=O)O)cc1. The summed E-state index contributed by atoms with van der Waals surface area (Å²) >= 11 is 0. The number of carbonyl (C=O) groups is 1. The number of benzene rings is 1. The molecule has 2 aromatic heterocycles. The molecule has 1 aromatic carbocycles. The van der Waals surface area contributed by atoms with Gasteiger partial charge in [0.15, 0.2) is 0 Å². The molecule has 0 radical (unpaired) electrons. The molecular formula is C17H15N3O3. The van der Waals surface area contributed by atoms with Crippen molar-refractivity contribution in [3.05, 3.63) is 66.0 Å². The van der Waals surface area contributed by atoms with Gasteiger partial charge in [0.1, 0.15) is 11.9 Å². The Kier molecular flexibility index (Phi) is 4.05. The van der Waals surface area contributed by atoms with Gasteiger partial charge < -0.3 is 9.84 Å². The summed E-state index contributed by atoms with van der Waals surface area (Å²) in [7, 11) is 0. The number of pyridine rings is 1. The Bertz CT molecular complexity index is 781. The Morgan fingerprint density at radius 2 is 1.96 bits per heavy atom. The van der Waals surface area contributed by atoms with Gasteiger partial charge in [-0.1, -0.05) is 12.1 Å². The van der Waals surface area contributed by atoms with Crippen LogP contribution in [0.15, 0.2) is 54.9 Å². The van der Waals surface area contributed by atoms with Crippen LogP contribution in [0.25, 0.3) is 11.4 Å². The molecule has 0 spiro atoms. The number of carboxylic acid groups (broad SMARTS) is 1. The minimum Gasteiger partial charge on any atom is -0.484 e. The van der Waals surface area contributed by atoms with Crippen LogP contribution in [0.2, 0.25) is 0 Å². The summed E-state index contributed by atoms with van der Waals surface area (Å²) in [5, 5.41) is 15.7. The Hall–Kier alpha value is -3.15. The topological polar surface area (TPSA) is 88.1 Å². The molecule has 0 amide bonds. The molecule has 0 saturated heterocycles. The maximum absolute atomic E-state index is 10.9. The lowest BCUT2D eigenvalue weighted by Gasteiger charge is -2.15. The van der Waals surface area contributed by atoms with Crippen molar-refractivity contribution in [3.63, 3.8) is 0 Å². The van der Waals surface area contributed by atoms with E-state index in [1.165, 1.54) is 0 Å². The summed E-state index contributed by atoms with van der Waals surface area (Å²) in [5.41, 5.74) is 2.78. The number of aromatic carboxylic acids is 1. The highest BCUT2D eigenvalue weighted by Gasteiger charge is 2.10. The predicted octanol–water partition coefficient (Wildman–Crippen LogP) is 3.31. The van der Waals surface area contributed by atoms with E-state index in [0.717, 1.165) is 17.0 Å². The van der Waals surface area contributed by atoms with Crippen molar-refractivity contribution in [2.45, 2.75) is 13.0 Å². The smallest absolute Gasteiger partial charge is 0.335 e. The van der Waals surface area contributed by atoms with Gasteiger partial charge in [-0.25, -0.2) is 4.79 Å². The molecule has 0 aliphatic heterocycles. The minimum atomic E-state index is -0.941. The number of rotatable bonds is 5. The molecule has 116 valence electrons. The van der Waals surface area contributed by atoms with Gasteiger partial charge >= 0.3 is 5.97 Å². The molecule has 1 unspecified atom stereocenters. The van der Waals surface area contributed by atoms with E-state index in [0.29, 0.717) is 5.75 Å². The highest BCUT2D eigenvalue weighted by atomic mass is 16.5. The number of hydrogen-bond acceptors (Lipinski definition) is 4. The van der Waals surface area contributed by atoms with Gasteiger partial charge in [-0.3, -0.25) is 10.1 Å². The molecule has 0 saturated carbocycles. The van der Waals surface area contributed by atoms with Gasteiger partial charge in [0.05, 0.1) is 23.1 Å². The first-order valence-corrected chi connectivity index (χ1v) is 7.09. The van der Waals surface area contributed by atoms with Gasteiger partial charge in [0.2, 0.25) is 0 Å². The van der Waals surface area contributed by atoms with E-state index in [9.17, 15) is 4.79 Å². The lowest BCUT2D eigenvalue weighted by molar-refractivity contribution is 0.0696. The first kappa shape index (κ1) is 14.8. The van der Waals surface area contributed by atoms with Crippen molar-refractivity contribution in [1.29, 1.82) is 0 Å². The van der Waals surface area contributed by atoms with Crippen LogP contribution in [-0.4, -0.2) is 26.3 Å². The first-order valence-electron chi connectivity index (χ1n) is 7.09. The standard InChI is InChI=1S/C17H15N3O3/c1-11(12-2-4-13(5-3-12)17(21)22)23-14-6-7-15(18-10-14)16-8-9-19-20-16/h2-11H,1H3,(H,19,20)(H,21,22). The molecular weight excluding hydrogens is 294 g/mol. The number of nitrogens with zero attached hydrogens (tertiary/aromatic N) is 2. The van der Waals surface area contributed by atoms with E-state index in [1.54, 1.807) is 36.7 Å². The minimum absolute atomic E-state index is 0.211. The van der Waals surface area contributed by atoms with Crippen LogP contribution < -0.4 is 4.74 Å². The van der Waals surface area contributed by atoms with Gasteiger partial charge in [-0.15, -0.1) is 0 Å². The number of hydrogen-bond donors (Lipinski definition) is 2. The maximum Gasteiger partial charge on any atom is 0.335 e. The summed E-state index contributed by atoms with van der Waals surface area (Å²) in [6.07, 6.45) is 3.11. The van der Waals surface area contributed by atoms with E-state index in [4.69, 9.17) is 9.84 Å². The van der Waals surface area contributed by atoms with Crippen LogP contribution in [0, 0.1) is 0 Å². The molecule has 6 nitrogen and oxygen atoms in total. The summed E-state index contributed by atoms with van der Waals surface area (Å²) in [6, 6.07) is 12.2. The number of carboxylic acids is 1. The van der Waals surface area contributed by atoms with Crippen LogP contribution in [0.3, 0.4) is 0 Å². The first-order chi connectivity index (χ1) is 11.1. The molecule has 0 bridgehead atoms. The fourth-order valence-corrected chi connectivity index (χ4v) is 2.18. The number of H-pyrrole nitrogens is 1. The molecule has 2 N–H and O–H groups in total. The van der Waals surface area contributed by atoms with Crippen molar-refractivity contribution >= 4 is 5.97 Å². The lowest BCUT2D eigenvalue weighted by atomic mass is 10.1. The maximum atomic E-state index is 10.9. The second-order valence-electron chi connectivity index (χ2n) is 5.04. The third kappa shape index (κ3) is 3.37.